The molecule has 0 aliphatic carbocycles. The Hall–Kier alpha value is -0.950. The van der Waals surface area contributed by atoms with Gasteiger partial charge >= 0.3 is 0 Å². The van der Waals surface area contributed by atoms with Crippen LogP contribution < -0.4 is 0 Å². The number of hydrogen-bond acceptors (Lipinski definition) is 5. The fourth-order valence-corrected chi connectivity index (χ4v) is 3.92. The molecule has 0 aromatic carbocycles. The maximum absolute atomic E-state index is 5.61. The SMILES string of the molecule is c1cn2c(n1)CN([C@H]1CCOC1)C[C@@H](CN1CCOCC1)C2. The van der Waals surface area contributed by atoms with Crippen LogP contribution in [0.3, 0.4) is 0 Å². The van der Waals surface area contributed by atoms with Crippen LogP contribution in [0.2, 0.25) is 0 Å². The van der Waals surface area contributed by atoms with Crippen LogP contribution in [0.1, 0.15) is 12.2 Å². The summed E-state index contributed by atoms with van der Waals surface area (Å²) in [7, 11) is 0. The molecule has 4 rings (SSSR count). The number of hydrogen-bond donors (Lipinski definition) is 0. The van der Waals surface area contributed by atoms with Crippen molar-refractivity contribution in [3.8, 4) is 0 Å². The van der Waals surface area contributed by atoms with E-state index in [1.165, 1.54) is 5.82 Å². The van der Waals surface area contributed by atoms with Gasteiger partial charge in [0.05, 0.1) is 26.4 Å². The molecule has 2 fully saturated rings. The minimum Gasteiger partial charge on any atom is -0.380 e. The van der Waals surface area contributed by atoms with Crippen LogP contribution in [-0.4, -0.2) is 78.0 Å². The Bertz CT molecular complexity index is 480. The van der Waals surface area contributed by atoms with Crippen LogP contribution in [0.25, 0.3) is 0 Å². The average molecular weight is 306 g/mol. The maximum Gasteiger partial charge on any atom is 0.122 e. The van der Waals surface area contributed by atoms with Gasteiger partial charge in [0, 0.05) is 63.7 Å². The second-order valence-corrected chi connectivity index (χ2v) is 6.72. The predicted molar refractivity (Wildman–Crippen MR) is 82.6 cm³/mol. The summed E-state index contributed by atoms with van der Waals surface area (Å²) in [5, 5.41) is 0. The molecule has 6 nitrogen and oxygen atoms in total. The van der Waals surface area contributed by atoms with E-state index >= 15 is 0 Å². The minimum absolute atomic E-state index is 0.565. The molecule has 1 aromatic rings. The predicted octanol–water partition coefficient (Wildman–Crippen LogP) is 0.436. The molecule has 3 aliphatic heterocycles. The number of fused-ring (bicyclic) bond motifs is 1. The van der Waals surface area contributed by atoms with Crippen LogP contribution in [0.5, 0.6) is 0 Å². The molecule has 0 bridgehead atoms. The first-order valence-electron chi connectivity index (χ1n) is 8.50. The summed E-state index contributed by atoms with van der Waals surface area (Å²) >= 11 is 0. The zero-order chi connectivity index (χ0) is 14.8. The average Bonchev–Trinajstić information content (AvgIpc) is 3.18. The van der Waals surface area contributed by atoms with Crippen molar-refractivity contribution in [2.75, 3.05) is 52.6 Å². The van der Waals surface area contributed by atoms with E-state index in [-0.39, 0.29) is 0 Å². The Labute approximate surface area is 132 Å². The van der Waals surface area contributed by atoms with Gasteiger partial charge in [-0.3, -0.25) is 9.80 Å². The molecular weight excluding hydrogens is 280 g/mol. The second kappa shape index (κ2) is 6.66. The van der Waals surface area contributed by atoms with Gasteiger partial charge < -0.3 is 14.0 Å². The zero-order valence-corrected chi connectivity index (χ0v) is 13.2. The van der Waals surface area contributed by atoms with Crippen LogP contribution in [0.4, 0.5) is 0 Å². The Balaban J connectivity index is 1.47. The van der Waals surface area contributed by atoms with E-state index in [1.54, 1.807) is 0 Å². The number of ether oxygens (including phenoxy) is 2. The van der Waals surface area contributed by atoms with Crippen molar-refractivity contribution >= 4 is 0 Å². The summed E-state index contributed by atoms with van der Waals surface area (Å²) in [4.78, 5) is 9.72. The molecule has 2 saturated heterocycles. The molecule has 122 valence electrons. The van der Waals surface area contributed by atoms with Crippen molar-refractivity contribution in [1.29, 1.82) is 0 Å². The first-order valence-corrected chi connectivity index (χ1v) is 8.50. The van der Waals surface area contributed by atoms with Gasteiger partial charge in [-0.25, -0.2) is 4.98 Å². The monoisotopic (exact) mass is 306 g/mol. The lowest BCUT2D eigenvalue weighted by Crippen LogP contribution is -2.44. The van der Waals surface area contributed by atoms with E-state index in [0.29, 0.717) is 12.0 Å². The largest absolute Gasteiger partial charge is 0.380 e. The summed E-state index contributed by atoms with van der Waals surface area (Å²) in [5.41, 5.74) is 0. The van der Waals surface area contributed by atoms with Crippen LogP contribution >= 0.6 is 0 Å². The zero-order valence-electron chi connectivity index (χ0n) is 13.2. The van der Waals surface area contributed by atoms with Crippen molar-refractivity contribution in [3.63, 3.8) is 0 Å². The Morgan fingerprint density at radius 2 is 2.05 bits per heavy atom. The maximum atomic E-state index is 5.61. The Morgan fingerprint density at radius 3 is 2.86 bits per heavy atom. The van der Waals surface area contributed by atoms with E-state index in [9.17, 15) is 0 Å². The van der Waals surface area contributed by atoms with Gasteiger partial charge in [0.1, 0.15) is 5.82 Å². The van der Waals surface area contributed by atoms with Gasteiger partial charge in [-0.05, 0) is 6.42 Å². The van der Waals surface area contributed by atoms with E-state index in [1.807, 2.05) is 6.20 Å². The quantitative estimate of drug-likeness (QED) is 0.810. The van der Waals surface area contributed by atoms with Crippen molar-refractivity contribution in [1.82, 2.24) is 19.4 Å². The van der Waals surface area contributed by atoms with Gasteiger partial charge in [-0.15, -0.1) is 0 Å². The van der Waals surface area contributed by atoms with E-state index in [2.05, 4.69) is 25.5 Å². The molecule has 3 aliphatic rings. The molecule has 0 unspecified atom stereocenters. The summed E-state index contributed by atoms with van der Waals surface area (Å²) in [6.45, 7) is 10.0. The van der Waals surface area contributed by atoms with Crippen molar-refractivity contribution < 1.29 is 9.47 Å². The molecule has 4 heterocycles. The lowest BCUT2D eigenvalue weighted by Gasteiger charge is -2.33. The first kappa shape index (κ1) is 14.6. The van der Waals surface area contributed by atoms with Crippen molar-refractivity contribution in [2.24, 2.45) is 5.92 Å². The van der Waals surface area contributed by atoms with Gasteiger partial charge in [0.2, 0.25) is 0 Å². The van der Waals surface area contributed by atoms with Crippen LogP contribution in [0, 0.1) is 5.92 Å². The molecular formula is C16H26N4O2. The minimum atomic E-state index is 0.565. The van der Waals surface area contributed by atoms with Gasteiger partial charge in [0.15, 0.2) is 0 Å². The van der Waals surface area contributed by atoms with Gasteiger partial charge in [-0.1, -0.05) is 0 Å². The number of rotatable bonds is 3. The molecule has 22 heavy (non-hydrogen) atoms. The highest BCUT2D eigenvalue weighted by Crippen LogP contribution is 2.22. The van der Waals surface area contributed by atoms with E-state index < -0.39 is 0 Å². The Morgan fingerprint density at radius 1 is 1.14 bits per heavy atom. The fourth-order valence-electron chi connectivity index (χ4n) is 3.92. The van der Waals surface area contributed by atoms with E-state index in [0.717, 1.165) is 72.1 Å². The van der Waals surface area contributed by atoms with Crippen molar-refractivity contribution in [2.45, 2.75) is 25.6 Å². The third kappa shape index (κ3) is 3.20. The smallest absolute Gasteiger partial charge is 0.122 e. The molecule has 6 heteroatoms. The van der Waals surface area contributed by atoms with Gasteiger partial charge in [-0.2, -0.15) is 0 Å². The van der Waals surface area contributed by atoms with Crippen LogP contribution in [-0.2, 0) is 22.6 Å². The molecule has 0 N–H and O–H groups in total. The summed E-state index contributed by atoms with van der Waals surface area (Å²) < 4.78 is 13.4. The van der Waals surface area contributed by atoms with Crippen molar-refractivity contribution in [3.05, 3.63) is 18.2 Å². The Kier molecular flexibility index (Phi) is 4.43. The lowest BCUT2D eigenvalue weighted by atomic mass is 10.1. The molecule has 1 aromatic heterocycles. The number of aromatic nitrogens is 2. The highest BCUT2D eigenvalue weighted by atomic mass is 16.5. The van der Waals surface area contributed by atoms with Gasteiger partial charge in [0.25, 0.3) is 0 Å². The number of imidazole rings is 1. The van der Waals surface area contributed by atoms with E-state index in [4.69, 9.17) is 9.47 Å². The molecule has 2 atom stereocenters. The third-order valence-electron chi connectivity index (χ3n) is 5.14. The summed E-state index contributed by atoms with van der Waals surface area (Å²) in [6, 6.07) is 0.565. The highest BCUT2D eigenvalue weighted by Gasteiger charge is 2.30. The second-order valence-electron chi connectivity index (χ2n) is 6.72. The highest BCUT2D eigenvalue weighted by molar-refractivity contribution is 4.97. The number of nitrogens with zero attached hydrogens (tertiary/aromatic N) is 4. The lowest BCUT2D eigenvalue weighted by molar-refractivity contribution is 0.0248. The van der Waals surface area contributed by atoms with Crippen LogP contribution in [0.15, 0.2) is 12.4 Å². The third-order valence-corrected chi connectivity index (χ3v) is 5.14. The normalized spacial score (nSPS) is 31.1. The summed E-state index contributed by atoms with van der Waals surface area (Å²) in [5.74, 6) is 1.85. The molecule has 0 spiro atoms. The molecule has 0 radical (unpaired) electrons. The molecule has 0 amide bonds. The first-order chi connectivity index (χ1) is 10.9. The fraction of sp³-hybridized carbons (Fsp3) is 0.812. The molecule has 0 saturated carbocycles. The number of morpholine rings is 1. The topological polar surface area (TPSA) is 42.8 Å². The standard InChI is InChI=1S/C16H26N4O2/c1-6-22-13-15(1)20-11-14(9-18-4-7-21-8-5-18)10-19-3-2-17-16(19)12-20/h2-3,14-15H,1,4-13H2/t14-,15-/m0/s1. The summed E-state index contributed by atoms with van der Waals surface area (Å²) in [6.07, 6.45) is 5.23.